The van der Waals surface area contributed by atoms with Gasteiger partial charge in [-0.05, 0) is 47.6 Å². The number of thioether (sulfide) groups is 1. The average molecular weight is 276 g/mol. The molecule has 0 spiro atoms. The number of hydrogen-bond donors (Lipinski definition) is 0. The van der Waals surface area contributed by atoms with Crippen LogP contribution in [-0.4, -0.2) is 6.26 Å². The second kappa shape index (κ2) is 6.17. The highest BCUT2D eigenvalue weighted by Crippen LogP contribution is 2.42. The van der Waals surface area contributed by atoms with Gasteiger partial charge in [-0.2, -0.15) is 0 Å². The Morgan fingerprint density at radius 2 is 1.74 bits per heavy atom. The van der Waals surface area contributed by atoms with Crippen molar-refractivity contribution in [1.82, 2.24) is 0 Å². The maximum atomic E-state index is 2.37. The van der Waals surface area contributed by atoms with Crippen LogP contribution in [0.1, 0.15) is 52.7 Å². The molecule has 106 valence electrons. The van der Waals surface area contributed by atoms with Gasteiger partial charge in [0.2, 0.25) is 0 Å². The van der Waals surface area contributed by atoms with Gasteiger partial charge in [-0.15, -0.1) is 11.8 Å². The lowest BCUT2D eigenvalue weighted by Crippen LogP contribution is -2.31. The van der Waals surface area contributed by atoms with Crippen molar-refractivity contribution < 1.29 is 0 Å². The molecule has 0 unspecified atom stereocenters. The summed E-state index contributed by atoms with van der Waals surface area (Å²) in [6, 6.07) is 6.83. The molecule has 0 aliphatic carbocycles. The van der Waals surface area contributed by atoms with Gasteiger partial charge in [0.25, 0.3) is 0 Å². The molecule has 0 radical (unpaired) electrons. The maximum absolute atomic E-state index is 2.37. The van der Waals surface area contributed by atoms with Crippen LogP contribution in [-0.2, 0) is 6.42 Å². The molecule has 19 heavy (non-hydrogen) atoms. The largest absolute Gasteiger partial charge is 0.129 e. The Morgan fingerprint density at radius 1 is 1.11 bits per heavy atom. The molecule has 0 nitrogen and oxygen atoms in total. The summed E-state index contributed by atoms with van der Waals surface area (Å²) in [6.07, 6.45) is 7.56. The van der Waals surface area contributed by atoms with Crippen LogP contribution in [0.15, 0.2) is 29.2 Å². The Bertz CT molecular complexity index is 447. The van der Waals surface area contributed by atoms with E-state index in [2.05, 4.69) is 78.1 Å². The number of allylic oxidation sites excluding steroid dienone is 1. The highest BCUT2D eigenvalue weighted by atomic mass is 32.2. The van der Waals surface area contributed by atoms with Gasteiger partial charge in [0, 0.05) is 4.90 Å². The zero-order valence-corrected chi connectivity index (χ0v) is 14.3. The third-order valence-corrected chi connectivity index (χ3v) is 5.15. The SMILES string of the molecule is C/C=C/c1ccc(CC(C)(C)C(C)(C)C)c(SC)c1. The summed E-state index contributed by atoms with van der Waals surface area (Å²) in [5.74, 6) is 0. The Labute approximate surface area is 123 Å². The van der Waals surface area contributed by atoms with Crippen LogP contribution in [0.5, 0.6) is 0 Å². The van der Waals surface area contributed by atoms with Crippen molar-refractivity contribution in [2.45, 2.75) is 52.9 Å². The molecule has 0 heterocycles. The Balaban J connectivity index is 3.08. The predicted octanol–water partition coefficient (Wildman–Crippen LogP) is 6.06. The normalized spacial score (nSPS) is 13.2. The van der Waals surface area contributed by atoms with Crippen LogP contribution in [0.2, 0.25) is 0 Å². The van der Waals surface area contributed by atoms with E-state index in [4.69, 9.17) is 0 Å². The minimum absolute atomic E-state index is 0.291. The standard InChI is InChI=1S/C18H28S/c1-8-9-14-10-11-15(16(12-14)19-7)13-18(5,6)17(2,3)4/h8-12H,13H2,1-7H3/b9-8+. The molecule has 1 aromatic rings. The van der Waals surface area contributed by atoms with Crippen LogP contribution in [0, 0.1) is 10.8 Å². The molecule has 1 rings (SSSR count). The lowest BCUT2D eigenvalue weighted by molar-refractivity contribution is 0.131. The van der Waals surface area contributed by atoms with Gasteiger partial charge in [0.1, 0.15) is 0 Å². The summed E-state index contributed by atoms with van der Waals surface area (Å²) in [6.45, 7) is 13.8. The van der Waals surface area contributed by atoms with E-state index in [0.717, 1.165) is 6.42 Å². The van der Waals surface area contributed by atoms with E-state index < -0.39 is 0 Å². The fourth-order valence-electron chi connectivity index (χ4n) is 1.94. The molecular formula is C18H28S. The highest BCUT2D eigenvalue weighted by molar-refractivity contribution is 7.98. The molecule has 0 fully saturated rings. The monoisotopic (exact) mass is 276 g/mol. The Hall–Kier alpha value is -0.690. The summed E-state index contributed by atoms with van der Waals surface area (Å²) in [4.78, 5) is 1.41. The van der Waals surface area contributed by atoms with Crippen molar-refractivity contribution in [3.8, 4) is 0 Å². The highest BCUT2D eigenvalue weighted by Gasteiger charge is 2.33. The average Bonchev–Trinajstić information content (AvgIpc) is 2.29. The number of rotatable bonds is 4. The quantitative estimate of drug-likeness (QED) is 0.603. The van der Waals surface area contributed by atoms with Crippen molar-refractivity contribution >= 4 is 17.8 Å². The van der Waals surface area contributed by atoms with Crippen molar-refractivity contribution in [2.75, 3.05) is 6.26 Å². The summed E-state index contributed by atoms with van der Waals surface area (Å²) in [7, 11) is 0. The predicted molar refractivity (Wildman–Crippen MR) is 89.9 cm³/mol. The van der Waals surface area contributed by atoms with Crippen LogP contribution in [0.4, 0.5) is 0 Å². The molecule has 0 saturated carbocycles. The van der Waals surface area contributed by atoms with Gasteiger partial charge in [0.15, 0.2) is 0 Å². The van der Waals surface area contributed by atoms with E-state index >= 15 is 0 Å². The summed E-state index contributed by atoms with van der Waals surface area (Å²) in [5, 5.41) is 0. The van der Waals surface area contributed by atoms with E-state index in [9.17, 15) is 0 Å². The van der Waals surface area contributed by atoms with Crippen LogP contribution in [0.3, 0.4) is 0 Å². The van der Waals surface area contributed by atoms with E-state index in [1.807, 2.05) is 11.8 Å². The molecule has 1 heteroatoms. The Kier molecular flexibility index (Phi) is 5.32. The molecule has 1 aromatic carbocycles. The van der Waals surface area contributed by atoms with Crippen molar-refractivity contribution in [2.24, 2.45) is 10.8 Å². The van der Waals surface area contributed by atoms with Crippen molar-refractivity contribution in [1.29, 1.82) is 0 Å². The van der Waals surface area contributed by atoms with Gasteiger partial charge in [-0.25, -0.2) is 0 Å². The van der Waals surface area contributed by atoms with E-state index in [-0.39, 0.29) is 0 Å². The molecule has 0 amide bonds. The van der Waals surface area contributed by atoms with Gasteiger partial charge >= 0.3 is 0 Å². The van der Waals surface area contributed by atoms with Crippen LogP contribution in [0.25, 0.3) is 6.08 Å². The lowest BCUT2D eigenvalue weighted by Gasteiger charge is -2.39. The Morgan fingerprint density at radius 3 is 2.21 bits per heavy atom. The lowest BCUT2D eigenvalue weighted by atomic mass is 9.66. The van der Waals surface area contributed by atoms with E-state index in [0.29, 0.717) is 10.8 Å². The summed E-state index contributed by atoms with van der Waals surface area (Å²) in [5.41, 5.74) is 3.37. The van der Waals surface area contributed by atoms with Crippen LogP contribution < -0.4 is 0 Å². The minimum Gasteiger partial charge on any atom is -0.129 e. The van der Waals surface area contributed by atoms with Crippen molar-refractivity contribution in [3.05, 3.63) is 35.4 Å². The van der Waals surface area contributed by atoms with Crippen molar-refractivity contribution in [3.63, 3.8) is 0 Å². The third-order valence-electron chi connectivity index (χ3n) is 4.33. The minimum atomic E-state index is 0.291. The molecule has 0 saturated heterocycles. The molecular weight excluding hydrogens is 248 g/mol. The third kappa shape index (κ3) is 4.14. The zero-order chi connectivity index (χ0) is 14.7. The van der Waals surface area contributed by atoms with Gasteiger partial charge in [0.05, 0.1) is 0 Å². The molecule has 0 bridgehead atoms. The number of benzene rings is 1. The van der Waals surface area contributed by atoms with Crippen LogP contribution >= 0.6 is 11.8 Å². The first-order valence-electron chi connectivity index (χ1n) is 7.01. The smallest absolute Gasteiger partial charge is 0.0107 e. The molecule has 0 aliphatic heterocycles. The van der Waals surface area contributed by atoms with Gasteiger partial charge < -0.3 is 0 Å². The first-order valence-corrected chi connectivity index (χ1v) is 8.23. The van der Waals surface area contributed by atoms with Gasteiger partial charge in [-0.1, -0.05) is 58.9 Å². The molecule has 0 atom stereocenters. The second-order valence-corrected chi connectivity index (χ2v) is 7.73. The molecule has 0 N–H and O–H groups in total. The molecule has 0 aromatic heterocycles. The van der Waals surface area contributed by atoms with Gasteiger partial charge in [-0.3, -0.25) is 0 Å². The second-order valence-electron chi connectivity index (χ2n) is 6.88. The first-order chi connectivity index (χ1) is 8.71. The van der Waals surface area contributed by atoms with E-state index in [1.54, 1.807) is 0 Å². The first kappa shape index (κ1) is 16.4. The fraction of sp³-hybridized carbons (Fsp3) is 0.556. The molecule has 0 aliphatic rings. The fourth-order valence-corrected chi connectivity index (χ4v) is 2.60. The summed E-state index contributed by atoms with van der Waals surface area (Å²) < 4.78 is 0. The summed E-state index contributed by atoms with van der Waals surface area (Å²) >= 11 is 1.85. The topological polar surface area (TPSA) is 0 Å². The maximum Gasteiger partial charge on any atom is 0.0107 e. The zero-order valence-electron chi connectivity index (χ0n) is 13.5. The van der Waals surface area contributed by atoms with E-state index in [1.165, 1.54) is 16.0 Å². The number of hydrogen-bond acceptors (Lipinski definition) is 1.